The molecule has 0 N–H and O–H groups in total. The van der Waals surface area contributed by atoms with Crippen LogP contribution in [-0.4, -0.2) is 73.7 Å². The van der Waals surface area contributed by atoms with Gasteiger partial charge < -0.3 is 9.33 Å². The van der Waals surface area contributed by atoms with E-state index >= 15 is 4.39 Å². The summed E-state index contributed by atoms with van der Waals surface area (Å²) in [6, 6.07) is 13.1. The van der Waals surface area contributed by atoms with E-state index in [0.717, 1.165) is 25.2 Å². The second-order valence-electron chi connectivity index (χ2n) is 12.7. The van der Waals surface area contributed by atoms with Gasteiger partial charge in [-0.2, -0.15) is 0 Å². The fourth-order valence-corrected chi connectivity index (χ4v) is 6.32. The Morgan fingerprint density at radius 1 is 1.10 bits per heavy atom. The zero-order valence-electron chi connectivity index (χ0n) is 26.1. The summed E-state index contributed by atoms with van der Waals surface area (Å²) in [5.74, 6) is 0.487. The Labute approximate surface area is 243 Å². The van der Waals surface area contributed by atoms with Gasteiger partial charge in [0.05, 0.1) is 6.04 Å². The van der Waals surface area contributed by atoms with Gasteiger partial charge in [-0.05, 0) is 81.7 Å². The van der Waals surface area contributed by atoms with Crippen molar-refractivity contribution in [3.05, 3.63) is 77.6 Å². The third-order valence-corrected chi connectivity index (χ3v) is 13.2. The van der Waals surface area contributed by atoms with E-state index in [-0.39, 0.29) is 34.9 Å². The number of benzene rings is 2. The van der Waals surface area contributed by atoms with Crippen LogP contribution in [0.4, 0.5) is 4.39 Å². The highest BCUT2D eigenvalue weighted by molar-refractivity contribution is 6.74. The quantitative estimate of drug-likeness (QED) is 0.222. The molecule has 0 aromatic heterocycles. The molecule has 1 fully saturated rings. The average Bonchev–Trinajstić information content (AvgIpc) is 2.89. The predicted molar refractivity (Wildman–Crippen MR) is 167 cm³/mol. The minimum Gasteiger partial charge on any atom is -0.543 e. The van der Waals surface area contributed by atoms with Crippen LogP contribution in [0.5, 0.6) is 5.75 Å². The normalized spacial score (nSPS) is 19.8. The third-order valence-electron chi connectivity index (χ3n) is 8.82. The Kier molecular flexibility index (Phi) is 10.4. The molecule has 7 heteroatoms. The molecule has 0 saturated carbocycles. The maximum atomic E-state index is 15.8. The predicted octanol–water partition coefficient (Wildman–Crippen LogP) is 7.36. The molecule has 2 aromatic rings. The molecule has 0 spiro atoms. The van der Waals surface area contributed by atoms with Crippen LogP contribution in [0.15, 0.2) is 55.1 Å². The van der Waals surface area contributed by atoms with Crippen molar-refractivity contribution in [3.63, 3.8) is 0 Å². The molecule has 1 unspecified atom stereocenters. The Balaban J connectivity index is 2.09. The van der Waals surface area contributed by atoms with Gasteiger partial charge in [0, 0.05) is 55.9 Å². The molecule has 1 aliphatic heterocycles. The lowest BCUT2D eigenvalue weighted by molar-refractivity contribution is 0.0298. The van der Waals surface area contributed by atoms with Gasteiger partial charge in [-0.1, -0.05) is 39.0 Å². The molecule has 1 heterocycles. The third kappa shape index (κ3) is 7.04. The first-order valence-corrected chi connectivity index (χ1v) is 17.6. The zero-order valence-corrected chi connectivity index (χ0v) is 27.1. The van der Waals surface area contributed by atoms with Gasteiger partial charge in [-0.3, -0.25) is 14.6 Å². The summed E-state index contributed by atoms with van der Waals surface area (Å²) in [6.45, 7) is 27.2. The lowest BCUT2D eigenvalue weighted by Gasteiger charge is -2.47. The summed E-state index contributed by atoms with van der Waals surface area (Å²) >= 11 is 0. The monoisotopic (exact) mass is 567 g/mol. The zero-order chi connectivity index (χ0) is 29.8. The first-order valence-electron chi connectivity index (χ1n) is 14.7. The molecule has 220 valence electrons. The van der Waals surface area contributed by atoms with E-state index in [4.69, 9.17) is 4.43 Å². The molecule has 3 atom stereocenters. The molecule has 2 aromatic carbocycles. The first kappa shape index (κ1) is 32.0. The number of hydrogen-bond acceptors (Lipinski definition) is 4. The second-order valence-corrected chi connectivity index (χ2v) is 17.4. The molecule has 3 rings (SSSR count). The molecule has 1 saturated heterocycles. The van der Waals surface area contributed by atoms with Crippen LogP contribution in [0.25, 0.3) is 0 Å². The number of piperazine rings is 1. The highest BCUT2D eigenvalue weighted by Crippen LogP contribution is 2.40. The van der Waals surface area contributed by atoms with Crippen molar-refractivity contribution >= 4 is 14.2 Å². The highest BCUT2D eigenvalue weighted by atomic mass is 28.4. The smallest absolute Gasteiger partial charge is 0.253 e. The van der Waals surface area contributed by atoms with Crippen LogP contribution in [0.1, 0.15) is 76.0 Å². The fraction of sp³-hybridized carbons (Fsp3) is 0.545. The summed E-state index contributed by atoms with van der Waals surface area (Å²) in [5, 5.41) is 0.0274. The van der Waals surface area contributed by atoms with E-state index in [1.807, 2.05) is 55.2 Å². The number of carbonyl (C=O) groups is 1. The Bertz CT molecular complexity index is 1160. The van der Waals surface area contributed by atoms with Crippen molar-refractivity contribution in [1.82, 2.24) is 14.7 Å². The largest absolute Gasteiger partial charge is 0.543 e. The summed E-state index contributed by atoms with van der Waals surface area (Å²) in [7, 11) is -2.11. The van der Waals surface area contributed by atoms with Crippen LogP contribution >= 0.6 is 0 Å². The minimum atomic E-state index is -2.11. The fourth-order valence-electron chi connectivity index (χ4n) is 5.30. The highest BCUT2D eigenvalue weighted by Gasteiger charge is 2.40. The number of carbonyl (C=O) groups excluding carboxylic acids is 1. The first-order chi connectivity index (χ1) is 18.7. The van der Waals surface area contributed by atoms with E-state index < -0.39 is 8.32 Å². The number of amides is 1. The van der Waals surface area contributed by atoms with Crippen molar-refractivity contribution in [2.75, 3.05) is 32.7 Å². The van der Waals surface area contributed by atoms with Crippen LogP contribution in [-0.2, 0) is 0 Å². The average molecular weight is 568 g/mol. The van der Waals surface area contributed by atoms with Crippen molar-refractivity contribution < 1.29 is 13.6 Å². The molecule has 0 radical (unpaired) electrons. The van der Waals surface area contributed by atoms with Gasteiger partial charge in [0.25, 0.3) is 5.91 Å². The van der Waals surface area contributed by atoms with Crippen molar-refractivity contribution in [1.29, 1.82) is 0 Å². The lowest BCUT2D eigenvalue weighted by Crippen LogP contribution is -2.57. The SMILES string of the molecule is C=CCN1C[C@H](C)N(C(c2ccc(C(=O)N(CC)CC)cc2)c2cc(O[Si](C)(C)C(C)(C)C)ccc2F)C[C@H]1C. The molecule has 5 nitrogen and oxygen atoms in total. The van der Waals surface area contributed by atoms with E-state index in [2.05, 4.69) is 64.1 Å². The van der Waals surface area contributed by atoms with Crippen LogP contribution < -0.4 is 4.43 Å². The number of halogens is 1. The second kappa shape index (κ2) is 13.0. The van der Waals surface area contributed by atoms with Crippen LogP contribution in [0, 0.1) is 5.82 Å². The van der Waals surface area contributed by atoms with E-state index in [9.17, 15) is 4.79 Å². The van der Waals surface area contributed by atoms with Gasteiger partial charge in [0.2, 0.25) is 8.32 Å². The molecule has 1 aliphatic rings. The number of rotatable bonds is 10. The van der Waals surface area contributed by atoms with Crippen molar-refractivity contribution in [3.8, 4) is 5.75 Å². The van der Waals surface area contributed by atoms with Crippen LogP contribution in [0.3, 0.4) is 0 Å². The summed E-state index contributed by atoms with van der Waals surface area (Å²) in [6.07, 6.45) is 1.95. The van der Waals surface area contributed by atoms with Crippen LogP contribution in [0.2, 0.25) is 18.1 Å². The van der Waals surface area contributed by atoms with Gasteiger partial charge in [-0.25, -0.2) is 4.39 Å². The van der Waals surface area contributed by atoms with Gasteiger partial charge in [0.1, 0.15) is 11.6 Å². The lowest BCUT2D eigenvalue weighted by atomic mass is 9.92. The summed E-state index contributed by atoms with van der Waals surface area (Å²) < 4.78 is 22.4. The number of nitrogens with zero attached hydrogens (tertiary/aromatic N) is 3. The van der Waals surface area contributed by atoms with E-state index in [1.54, 1.807) is 12.1 Å². The van der Waals surface area contributed by atoms with Gasteiger partial charge in [-0.15, -0.1) is 6.58 Å². The van der Waals surface area contributed by atoms with E-state index in [0.29, 0.717) is 30.0 Å². The van der Waals surface area contributed by atoms with E-state index in [1.165, 1.54) is 0 Å². The van der Waals surface area contributed by atoms with Gasteiger partial charge >= 0.3 is 0 Å². The number of hydrogen-bond donors (Lipinski definition) is 0. The van der Waals surface area contributed by atoms with Crippen molar-refractivity contribution in [2.24, 2.45) is 0 Å². The Hall–Kier alpha value is -2.48. The molecule has 0 bridgehead atoms. The Morgan fingerprint density at radius 2 is 1.73 bits per heavy atom. The van der Waals surface area contributed by atoms with Gasteiger partial charge in [0.15, 0.2) is 0 Å². The Morgan fingerprint density at radius 3 is 2.27 bits per heavy atom. The molecular weight excluding hydrogens is 517 g/mol. The molecule has 1 amide bonds. The summed E-state index contributed by atoms with van der Waals surface area (Å²) in [4.78, 5) is 19.6. The standard InChI is InChI=1S/C33H50FN3O2Si/c1-11-20-36-22-25(5)37(23-24(36)4)31(26-14-16-27(17-15-26)32(38)35(12-2)13-3)29-21-28(18-19-30(29)34)39-40(9,10)33(6,7)8/h11,14-19,21,24-25,31H,1,12-13,20,22-23H2,2-10H3/t24-,25+,31?/m1/s1. The molecular formula is C33H50FN3O2Si. The summed E-state index contributed by atoms with van der Waals surface area (Å²) in [5.41, 5.74) is 2.23. The molecule has 0 aliphatic carbocycles. The minimum absolute atomic E-state index is 0.0177. The topological polar surface area (TPSA) is 36.0 Å². The maximum absolute atomic E-state index is 15.8. The molecule has 40 heavy (non-hydrogen) atoms. The maximum Gasteiger partial charge on any atom is 0.253 e. The van der Waals surface area contributed by atoms with Crippen molar-refractivity contribution in [2.45, 2.75) is 84.7 Å².